The van der Waals surface area contributed by atoms with Gasteiger partial charge in [0.05, 0.1) is 23.9 Å². The number of hydrogen-bond donors (Lipinski definition) is 1. The number of amides is 1. The molecule has 1 aromatic heterocycles. The lowest BCUT2D eigenvalue weighted by molar-refractivity contribution is 0.0954. The van der Waals surface area contributed by atoms with E-state index in [9.17, 15) is 4.79 Å². The van der Waals surface area contributed by atoms with Gasteiger partial charge in [-0.05, 0) is 24.6 Å². The van der Waals surface area contributed by atoms with Crippen molar-refractivity contribution in [2.24, 2.45) is 0 Å². The number of ether oxygens (including phenoxy) is 2. The zero-order chi connectivity index (χ0) is 17.1. The highest BCUT2D eigenvalue weighted by Gasteiger charge is 2.17. The van der Waals surface area contributed by atoms with E-state index < -0.39 is 0 Å². The van der Waals surface area contributed by atoms with Crippen LogP contribution in [-0.4, -0.2) is 24.1 Å². The Bertz CT molecular complexity index is 740. The van der Waals surface area contributed by atoms with Crippen LogP contribution in [0, 0.1) is 6.92 Å². The lowest BCUT2D eigenvalue weighted by Gasteiger charge is -2.10. The second-order valence-corrected chi connectivity index (χ2v) is 7.17. The first-order valence-corrected chi connectivity index (χ1v) is 9.00. The fourth-order valence-electron chi connectivity index (χ4n) is 2.46. The van der Waals surface area contributed by atoms with Crippen LogP contribution in [0.3, 0.4) is 0 Å². The molecule has 128 valence electrons. The maximum atomic E-state index is 12.4. The molecule has 0 spiro atoms. The monoisotopic (exact) mass is 346 g/mol. The first-order chi connectivity index (χ1) is 11.5. The van der Waals surface area contributed by atoms with Gasteiger partial charge in [0.2, 0.25) is 0 Å². The number of rotatable bonds is 4. The molecule has 0 saturated heterocycles. The van der Waals surface area contributed by atoms with Crippen LogP contribution in [0.4, 0.5) is 0 Å². The molecule has 0 radical (unpaired) electrons. The van der Waals surface area contributed by atoms with Crippen molar-refractivity contribution in [2.45, 2.75) is 39.7 Å². The Kier molecular flexibility index (Phi) is 5.04. The van der Waals surface area contributed by atoms with Crippen LogP contribution >= 0.6 is 11.3 Å². The van der Waals surface area contributed by atoms with Crippen LogP contribution in [0.5, 0.6) is 11.5 Å². The lowest BCUT2D eigenvalue weighted by Crippen LogP contribution is -2.22. The number of aryl methyl sites for hydroxylation is 1. The van der Waals surface area contributed by atoms with Gasteiger partial charge in [-0.2, -0.15) is 0 Å². The van der Waals surface area contributed by atoms with E-state index >= 15 is 0 Å². The van der Waals surface area contributed by atoms with Crippen LogP contribution in [0.1, 0.15) is 52.1 Å². The summed E-state index contributed by atoms with van der Waals surface area (Å²) in [7, 11) is 0. The van der Waals surface area contributed by atoms with Gasteiger partial charge in [-0.15, -0.1) is 11.3 Å². The summed E-state index contributed by atoms with van der Waals surface area (Å²) in [5, 5.41) is 3.96. The topological polar surface area (TPSA) is 60.5 Å². The largest absolute Gasteiger partial charge is 0.490 e. The Labute approximate surface area is 146 Å². The summed E-state index contributed by atoms with van der Waals surface area (Å²) in [4.78, 5) is 17.6. The lowest BCUT2D eigenvalue weighted by atomic mass is 10.2. The molecule has 1 amide bonds. The summed E-state index contributed by atoms with van der Waals surface area (Å²) >= 11 is 1.47. The van der Waals surface area contributed by atoms with Gasteiger partial charge in [0.15, 0.2) is 11.5 Å². The Morgan fingerprint density at radius 2 is 2.04 bits per heavy atom. The van der Waals surface area contributed by atoms with E-state index in [1.54, 1.807) is 0 Å². The summed E-state index contributed by atoms with van der Waals surface area (Å²) in [6.07, 6.45) is 0.879. The SMILES string of the molecule is Cc1nc(C(C)C)sc1C(=O)NCc1ccc2c(c1)OCCCO2. The third-order valence-electron chi connectivity index (χ3n) is 3.78. The number of fused-ring (bicyclic) bond motifs is 1. The predicted molar refractivity (Wildman–Crippen MR) is 94.2 cm³/mol. The molecule has 24 heavy (non-hydrogen) atoms. The predicted octanol–water partition coefficient (Wildman–Crippen LogP) is 3.67. The van der Waals surface area contributed by atoms with Crippen molar-refractivity contribution in [2.75, 3.05) is 13.2 Å². The normalized spacial score (nSPS) is 13.7. The minimum absolute atomic E-state index is 0.0796. The van der Waals surface area contributed by atoms with Gasteiger partial charge in [-0.3, -0.25) is 4.79 Å². The van der Waals surface area contributed by atoms with E-state index in [4.69, 9.17) is 9.47 Å². The van der Waals surface area contributed by atoms with Crippen molar-refractivity contribution >= 4 is 17.2 Å². The molecule has 0 aliphatic carbocycles. The van der Waals surface area contributed by atoms with Gasteiger partial charge in [0.25, 0.3) is 5.91 Å². The zero-order valence-electron chi connectivity index (χ0n) is 14.2. The molecule has 0 atom stereocenters. The van der Waals surface area contributed by atoms with Crippen molar-refractivity contribution in [1.82, 2.24) is 10.3 Å². The average molecular weight is 346 g/mol. The second kappa shape index (κ2) is 7.21. The Balaban J connectivity index is 1.67. The number of carbonyl (C=O) groups excluding carboxylic acids is 1. The molecule has 1 aromatic carbocycles. The van der Waals surface area contributed by atoms with Gasteiger partial charge in [-0.1, -0.05) is 19.9 Å². The van der Waals surface area contributed by atoms with E-state index in [1.165, 1.54) is 11.3 Å². The third kappa shape index (κ3) is 3.70. The molecule has 1 aliphatic rings. The van der Waals surface area contributed by atoms with Crippen molar-refractivity contribution in [3.63, 3.8) is 0 Å². The van der Waals surface area contributed by atoms with E-state index in [2.05, 4.69) is 24.1 Å². The highest BCUT2D eigenvalue weighted by atomic mass is 32.1. The minimum Gasteiger partial charge on any atom is -0.490 e. The third-order valence-corrected chi connectivity index (χ3v) is 5.24. The molecular weight excluding hydrogens is 324 g/mol. The minimum atomic E-state index is -0.0796. The van der Waals surface area contributed by atoms with E-state index in [1.807, 2.05) is 25.1 Å². The summed E-state index contributed by atoms with van der Waals surface area (Å²) < 4.78 is 11.3. The molecule has 2 heterocycles. The van der Waals surface area contributed by atoms with Crippen molar-refractivity contribution in [3.05, 3.63) is 39.3 Å². The maximum Gasteiger partial charge on any atom is 0.263 e. The Hall–Kier alpha value is -2.08. The molecular formula is C18H22N2O3S. The molecule has 1 aliphatic heterocycles. The molecule has 6 heteroatoms. The fraction of sp³-hybridized carbons (Fsp3) is 0.444. The fourth-order valence-corrected chi connectivity index (χ4v) is 3.44. The molecule has 2 aromatic rings. The van der Waals surface area contributed by atoms with E-state index in [0.717, 1.165) is 34.2 Å². The molecule has 1 N–H and O–H groups in total. The number of benzene rings is 1. The Morgan fingerprint density at radius 3 is 2.75 bits per heavy atom. The quantitative estimate of drug-likeness (QED) is 0.918. The molecule has 3 rings (SSSR count). The summed E-state index contributed by atoms with van der Waals surface area (Å²) in [6, 6.07) is 5.78. The molecule has 0 fully saturated rings. The maximum absolute atomic E-state index is 12.4. The van der Waals surface area contributed by atoms with Gasteiger partial charge in [0, 0.05) is 18.9 Å². The smallest absolute Gasteiger partial charge is 0.263 e. The Morgan fingerprint density at radius 1 is 1.29 bits per heavy atom. The number of carbonyl (C=O) groups is 1. The highest BCUT2D eigenvalue weighted by Crippen LogP contribution is 2.30. The highest BCUT2D eigenvalue weighted by molar-refractivity contribution is 7.13. The molecule has 0 bridgehead atoms. The second-order valence-electron chi connectivity index (χ2n) is 6.14. The first-order valence-electron chi connectivity index (χ1n) is 8.18. The molecule has 0 unspecified atom stereocenters. The van der Waals surface area contributed by atoms with Crippen LogP contribution in [0.25, 0.3) is 0 Å². The van der Waals surface area contributed by atoms with Crippen molar-refractivity contribution in [3.8, 4) is 11.5 Å². The van der Waals surface area contributed by atoms with E-state index in [0.29, 0.717) is 30.6 Å². The standard InChI is InChI=1S/C18H22N2O3S/c1-11(2)18-20-12(3)16(24-18)17(21)19-10-13-5-6-14-15(9-13)23-8-4-7-22-14/h5-6,9,11H,4,7-8,10H2,1-3H3,(H,19,21). The summed E-state index contributed by atoms with van der Waals surface area (Å²) in [5.74, 6) is 1.76. The van der Waals surface area contributed by atoms with Gasteiger partial charge >= 0.3 is 0 Å². The summed E-state index contributed by atoms with van der Waals surface area (Å²) in [6.45, 7) is 7.82. The average Bonchev–Trinajstić information content (AvgIpc) is 2.81. The number of aromatic nitrogens is 1. The number of hydrogen-bond acceptors (Lipinski definition) is 5. The summed E-state index contributed by atoms with van der Waals surface area (Å²) in [5.41, 5.74) is 1.78. The number of nitrogens with zero attached hydrogens (tertiary/aromatic N) is 1. The van der Waals surface area contributed by atoms with Gasteiger partial charge in [-0.25, -0.2) is 4.98 Å². The number of nitrogens with one attached hydrogen (secondary N) is 1. The van der Waals surface area contributed by atoms with Crippen molar-refractivity contribution in [1.29, 1.82) is 0 Å². The van der Waals surface area contributed by atoms with Crippen LogP contribution in [0.15, 0.2) is 18.2 Å². The van der Waals surface area contributed by atoms with Gasteiger partial charge < -0.3 is 14.8 Å². The first kappa shape index (κ1) is 16.8. The number of thiazole rings is 1. The van der Waals surface area contributed by atoms with E-state index in [-0.39, 0.29) is 5.91 Å². The van der Waals surface area contributed by atoms with Crippen LogP contribution in [0.2, 0.25) is 0 Å². The zero-order valence-corrected chi connectivity index (χ0v) is 15.0. The van der Waals surface area contributed by atoms with Crippen LogP contribution in [-0.2, 0) is 6.54 Å². The van der Waals surface area contributed by atoms with Gasteiger partial charge in [0.1, 0.15) is 4.88 Å². The van der Waals surface area contributed by atoms with Crippen LogP contribution < -0.4 is 14.8 Å². The molecule has 5 nitrogen and oxygen atoms in total. The van der Waals surface area contributed by atoms with Crippen molar-refractivity contribution < 1.29 is 14.3 Å². The molecule has 0 saturated carbocycles.